The summed E-state index contributed by atoms with van der Waals surface area (Å²) in [6.07, 6.45) is 10.7. The first-order valence-electron chi connectivity index (χ1n) is 8.28. The molecule has 2 rings (SSSR count). The van der Waals surface area contributed by atoms with Crippen LogP contribution in [0.25, 0.3) is 0 Å². The molecular weight excluding hydrogens is 247 g/mol. The van der Waals surface area contributed by atoms with Crippen molar-refractivity contribution in [3.05, 3.63) is 10.5 Å². The van der Waals surface area contributed by atoms with Crippen molar-refractivity contribution in [2.75, 3.05) is 0 Å². The third-order valence-electron chi connectivity index (χ3n) is 4.77. The number of fused-ring (bicyclic) bond motifs is 1. The molecule has 0 aromatic rings. The Kier molecular flexibility index (Phi) is 5.93. The Labute approximate surface area is 125 Å². The fourth-order valence-corrected chi connectivity index (χ4v) is 5.64. The van der Waals surface area contributed by atoms with Crippen molar-refractivity contribution in [2.24, 2.45) is 11.8 Å². The lowest BCUT2D eigenvalue weighted by Gasteiger charge is -2.26. The van der Waals surface area contributed by atoms with Crippen molar-refractivity contribution in [1.29, 1.82) is 0 Å². The number of allylic oxidation sites excluding steroid dienone is 2. The summed E-state index contributed by atoms with van der Waals surface area (Å²) in [6, 6.07) is 0. The van der Waals surface area contributed by atoms with Crippen LogP contribution in [0.3, 0.4) is 0 Å². The summed E-state index contributed by atoms with van der Waals surface area (Å²) >= 11 is 2.18. The average Bonchev–Trinajstić information content (AvgIpc) is 2.72. The smallest absolute Gasteiger partial charge is 0.0700 e. The molecule has 0 amide bonds. The second-order valence-corrected chi connectivity index (χ2v) is 7.93. The molecule has 0 saturated heterocycles. The van der Waals surface area contributed by atoms with E-state index >= 15 is 0 Å². The lowest BCUT2D eigenvalue weighted by atomic mass is 9.74. The highest BCUT2D eigenvalue weighted by molar-refractivity contribution is 8.04. The van der Waals surface area contributed by atoms with Gasteiger partial charge in [0.25, 0.3) is 0 Å². The highest BCUT2D eigenvalue weighted by atomic mass is 32.2. The molecule has 0 N–H and O–H groups in total. The Morgan fingerprint density at radius 3 is 2.47 bits per heavy atom. The minimum absolute atomic E-state index is 0.433. The fraction of sp³-hybridized carbons (Fsp3) is 0.882. The maximum atomic E-state index is 6.36. The molecule has 0 aromatic heterocycles. The molecule has 0 aromatic carbocycles. The molecule has 1 fully saturated rings. The van der Waals surface area contributed by atoms with E-state index < -0.39 is 0 Å². The van der Waals surface area contributed by atoms with E-state index in [2.05, 4.69) is 32.5 Å². The van der Waals surface area contributed by atoms with Gasteiger partial charge in [-0.2, -0.15) is 0 Å². The lowest BCUT2D eigenvalue weighted by Crippen LogP contribution is -2.18. The lowest BCUT2D eigenvalue weighted by molar-refractivity contribution is 0.438. The molecule has 0 nitrogen and oxygen atoms in total. The van der Waals surface area contributed by atoms with Crippen LogP contribution >= 0.6 is 11.8 Å². The zero-order valence-corrected chi connectivity index (χ0v) is 13.8. The topological polar surface area (TPSA) is 0 Å². The van der Waals surface area contributed by atoms with E-state index in [4.69, 9.17) is 7.85 Å². The molecule has 3 unspecified atom stereocenters. The van der Waals surface area contributed by atoms with Crippen LogP contribution in [0.2, 0.25) is 5.82 Å². The van der Waals surface area contributed by atoms with Gasteiger partial charge in [0, 0.05) is 5.25 Å². The zero-order chi connectivity index (χ0) is 13.8. The first kappa shape index (κ1) is 15.5. The zero-order valence-electron chi connectivity index (χ0n) is 13.0. The standard InChI is InChI=1S/C17H29BS/c1-4-14-15-10-8-6-5-7-9-13(18)11-16(15)19-17(14)12(2)3/h12-13,15-16H,4-11H2,1-3H3. The van der Waals surface area contributed by atoms with Crippen molar-refractivity contribution >= 4 is 19.6 Å². The molecule has 0 bridgehead atoms. The van der Waals surface area contributed by atoms with E-state index in [9.17, 15) is 0 Å². The van der Waals surface area contributed by atoms with E-state index in [-0.39, 0.29) is 0 Å². The highest BCUT2D eigenvalue weighted by Crippen LogP contribution is 2.51. The van der Waals surface area contributed by atoms with Gasteiger partial charge in [0.2, 0.25) is 0 Å². The Morgan fingerprint density at radius 2 is 1.84 bits per heavy atom. The van der Waals surface area contributed by atoms with Gasteiger partial charge in [0.05, 0.1) is 7.85 Å². The van der Waals surface area contributed by atoms with Crippen molar-refractivity contribution in [1.82, 2.24) is 0 Å². The summed E-state index contributed by atoms with van der Waals surface area (Å²) in [4.78, 5) is 1.70. The summed E-state index contributed by atoms with van der Waals surface area (Å²) in [5.41, 5.74) is 1.78. The summed E-state index contributed by atoms with van der Waals surface area (Å²) in [5, 5.41) is 0.778. The molecule has 2 aliphatic rings. The van der Waals surface area contributed by atoms with Gasteiger partial charge in [-0.05, 0) is 36.0 Å². The van der Waals surface area contributed by atoms with Gasteiger partial charge < -0.3 is 0 Å². The second kappa shape index (κ2) is 7.25. The monoisotopic (exact) mass is 276 g/mol. The summed E-state index contributed by atoms with van der Waals surface area (Å²) in [7, 11) is 6.36. The Morgan fingerprint density at radius 1 is 1.16 bits per heavy atom. The van der Waals surface area contributed by atoms with Gasteiger partial charge in [-0.1, -0.05) is 64.3 Å². The number of rotatable bonds is 2. The first-order chi connectivity index (χ1) is 9.13. The molecule has 3 atom stereocenters. The summed E-state index contributed by atoms with van der Waals surface area (Å²) in [6.45, 7) is 7.06. The Bertz CT molecular complexity index is 321. The SMILES string of the molecule is [B]C1CCCCCCC2C(CC)=C(C(C)C)SC2C1. The van der Waals surface area contributed by atoms with E-state index in [1.807, 2.05) is 0 Å². The number of hydrogen-bond donors (Lipinski definition) is 0. The van der Waals surface area contributed by atoms with Crippen LogP contribution in [0.1, 0.15) is 72.1 Å². The molecule has 2 radical (unpaired) electrons. The molecule has 1 aliphatic heterocycles. The van der Waals surface area contributed by atoms with Gasteiger partial charge in [0.1, 0.15) is 0 Å². The molecule has 19 heavy (non-hydrogen) atoms. The van der Waals surface area contributed by atoms with Crippen molar-refractivity contribution < 1.29 is 0 Å². The molecule has 2 heteroatoms. The quantitative estimate of drug-likeness (QED) is 0.579. The van der Waals surface area contributed by atoms with E-state index in [1.165, 1.54) is 51.4 Å². The van der Waals surface area contributed by atoms with Gasteiger partial charge in [-0.3, -0.25) is 0 Å². The molecule has 1 heterocycles. The van der Waals surface area contributed by atoms with Crippen LogP contribution in [0, 0.1) is 11.8 Å². The molecule has 106 valence electrons. The predicted molar refractivity (Wildman–Crippen MR) is 88.8 cm³/mol. The summed E-state index contributed by atoms with van der Waals surface area (Å²) < 4.78 is 0. The van der Waals surface area contributed by atoms with Crippen molar-refractivity contribution in [2.45, 2.75) is 83.2 Å². The first-order valence-corrected chi connectivity index (χ1v) is 9.16. The fourth-order valence-electron chi connectivity index (χ4n) is 3.78. The van der Waals surface area contributed by atoms with Crippen LogP contribution < -0.4 is 0 Å². The maximum Gasteiger partial charge on any atom is 0.0700 e. The Hall–Kier alpha value is 0.155. The molecule has 1 saturated carbocycles. The molecular formula is C17H29BS. The average molecular weight is 276 g/mol. The largest absolute Gasteiger partial charge is 0.126 e. The van der Waals surface area contributed by atoms with Gasteiger partial charge in [0.15, 0.2) is 0 Å². The van der Waals surface area contributed by atoms with Crippen molar-refractivity contribution in [3.8, 4) is 0 Å². The highest BCUT2D eigenvalue weighted by Gasteiger charge is 2.35. The predicted octanol–water partition coefficient (Wildman–Crippen LogP) is 5.74. The maximum absolute atomic E-state index is 6.36. The third-order valence-corrected chi connectivity index (χ3v) is 6.58. The van der Waals surface area contributed by atoms with E-state index in [1.54, 1.807) is 10.5 Å². The minimum atomic E-state index is 0.433. The van der Waals surface area contributed by atoms with Crippen LogP contribution in [0.4, 0.5) is 0 Å². The van der Waals surface area contributed by atoms with E-state index in [0.717, 1.165) is 11.2 Å². The van der Waals surface area contributed by atoms with E-state index in [0.29, 0.717) is 11.7 Å². The van der Waals surface area contributed by atoms with Crippen LogP contribution in [-0.4, -0.2) is 13.1 Å². The van der Waals surface area contributed by atoms with Gasteiger partial charge in [-0.25, -0.2) is 0 Å². The number of thioether (sulfide) groups is 1. The molecule has 1 aliphatic carbocycles. The van der Waals surface area contributed by atoms with Crippen LogP contribution in [0.15, 0.2) is 10.5 Å². The third kappa shape index (κ3) is 3.83. The normalized spacial score (nSPS) is 33.6. The van der Waals surface area contributed by atoms with Crippen molar-refractivity contribution in [3.63, 3.8) is 0 Å². The van der Waals surface area contributed by atoms with Gasteiger partial charge >= 0.3 is 0 Å². The summed E-state index contributed by atoms with van der Waals surface area (Å²) in [5.74, 6) is 1.97. The Balaban J connectivity index is 2.15. The minimum Gasteiger partial charge on any atom is -0.126 e. The number of hydrogen-bond acceptors (Lipinski definition) is 1. The molecule has 0 spiro atoms. The van der Waals surface area contributed by atoms with Crippen LogP contribution in [-0.2, 0) is 0 Å². The van der Waals surface area contributed by atoms with Gasteiger partial charge in [-0.15, -0.1) is 11.8 Å². The van der Waals surface area contributed by atoms with Crippen LogP contribution in [0.5, 0.6) is 0 Å². The second-order valence-electron chi connectivity index (χ2n) is 6.65.